The molecule has 0 unspecified atom stereocenters. The SMILES string of the molecule is Cc1cc(CN)ccc1Cn1cc(Cl)c2ccccc21. The highest BCUT2D eigenvalue weighted by atomic mass is 35.5. The molecule has 0 aliphatic heterocycles. The van der Waals surface area contributed by atoms with Gasteiger partial charge in [0.2, 0.25) is 0 Å². The fourth-order valence-corrected chi connectivity index (χ4v) is 2.86. The Morgan fingerprint density at radius 2 is 1.95 bits per heavy atom. The lowest BCUT2D eigenvalue weighted by Gasteiger charge is -2.10. The van der Waals surface area contributed by atoms with Crippen molar-refractivity contribution in [2.24, 2.45) is 5.73 Å². The van der Waals surface area contributed by atoms with Crippen LogP contribution in [0.5, 0.6) is 0 Å². The fourth-order valence-electron chi connectivity index (χ4n) is 2.58. The van der Waals surface area contributed by atoms with E-state index in [-0.39, 0.29) is 0 Å². The van der Waals surface area contributed by atoms with Crippen LogP contribution in [0.25, 0.3) is 10.9 Å². The molecule has 3 rings (SSSR count). The molecule has 0 saturated heterocycles. The number of nitrogens with two attached hydrogens (primary N) is 1. The Balaban J connectivity index is 2.01. The summed E-state index contributed by atoms with van der Waals surface area (Å²) in [5.74, 6) is 0. The van der Waals surface area contributed by atoms with E-state index in [0.717, 1.165) is 17.0 Å². The van der Waals surface area contributed by atoms with E-state index in [9.17, 15) is 0 Å². The first-order valence-electron chi connectivity index (χ1n) is 6.71. The van der Waals surface area contributed by atoms with Gasteiger partial charge in [0.1, 0.15) is 0 Å². The first-order chi connectivity index (χ1) is 9.69. The number of benzene rings is 2. The van der Waals surface area contributed by atoms with Gasteiger partial charge in [-0.3, -0.25) is 0 Å². The molecule has 102 valence electrons. The zero-order chi connectivity index (χ0) is 14.1. The smallest absolute Gasteiger partial charge is 0.0661 e. The van der Waals surface area contributed by atoms with Crippen molar-refractivity contribution >= 4 is 22.5 Å². The lowest BCUT2D eigenvalue weighted by atomic mass is 10.0. The summed E-state index contributed by atoms with van der Waals surface area (Å²) in [6, 6.07) is 14.6. The van der Waals surface area contributed by atoms with Gasteiger partial charge in [-0.1, -0.05) is 48.0 Å². The maximum Gasteiger partial charge on any atom is 0.0661 e. The Labute approximate surface area is 123 Å². The van der Waals surface area contributed by atoms with Crippen molar-refractivity contribution in [1.29, 1.82) is 0 Å². The molecule has 0 bridgehead atoms. The van der Waals surface area contributed by atoms with Gasteiger partial charge in [-0.2, -0.15) is 0 Å². The third-order valence-corrected chi connectivity index (χ3v) is 4.02. The van der Waals surface area contributed by atoms with Gasteiger partial charge in [0, 0.05) is 30.2 Å². The molecule has 0 saturated carbocycles. The summed E-state index contributed by atoms with van der Waals surface area (Å²) in [5, 5.41) is 1.90. The number of halogens is 1. The van der Waals surface area contributed by atoms with Crippen molar-refractivity contribution in [1.82, 2.24) is 4.57 Å². The molecule has 2 N–H and O–H groups in total. The Morgan fingerprint density at radius 3 is 2.70 bits per heavy atom. The number of fused-ring (bicyclic) bond motifs is 1. The molecule has 20 heavy (non-hydrogen) atoms. The quantitative estimate of drug-likeness (QED) is 0.771. The lowest BCUT2D eigenvalue weighted by molar-refractivity contribution is 0.829. The Kier molecular flexibility index (Phi) is 3.51. The number of nitrogens with zero attached hydrogens (tertiary/aromatic N) is 1. The molecule has 2 aromatic carbocycles. The van der Waals surface area contributed by atoms with Crippen molar-refractivity contribution < 1.29 is 0 Å². The number of aromatic nitrogens is 1. The van der Waals surface area contributed by atoms with Crippen molar-refractivity contribution in [3.8, 4) is 0 Å². The second-order valence-electron chi connectivity index (χ2n) is 5.09. The highest BCUT2D eigenvalue weighted by Gasteiger charge is 2.07. The third kappa shape index (κ3) is 2.33. The standard InChI is InChI=1S/C17H17ClN2/c1-12-8-13(9-19)6-7-14(12)10-20-11-16(18)15-4-2-3-5-17(15)20/h2-8,11H,9-10,19H2,1H3. The molecule has 1 heterocycles. The van der Waals surface area contributed by atoms with Gasteiger partial charge in [-0.25, -0.2) is 0 Å². The minimum absolute atomic E-state index is 0.583. The highest BCUT2D eigenvalue weighted by molar-refractivity contribution is 6.35. The van der Waals surface area contributed by atoms with Crippen LogP contribution in [0, 0.1) is 6.92 Å². The molecular weight excluding hydrogens is 268 g/mol. The van der Waals surface area contributed by atoms with E-state index in [4.69, 9.17) is 17.3 Å². The van der Waals surface area contributed by atoms with E-state index >= 15 is 0 Å². The summed E-state index contributed by atoms with van der Waals surface area (Å²) in [4.78, 5) is 0. The fraction of sp³-hybridized carbons (Fsp3) is 0.176. The van der Waals surface area contributed by atoms with Gasteiger partial charge in [0.05, 0.1) is 5.02 Å². The van der Waals surface area contributed by atoms with Gasteiger partial charge in [-0.05, 0) is 29.7 Å². The third-order valence-electron chi connectivity index (χ3n) is 3.72. The summed E-state index contributed by atoms with van der Waals surface area (Å²) in [6.07, 6.45) is 2.00. The molecular formula is C17H17ClN2. The number of hydrogen-bond acceptors (Lipinski definition) is 1. The predicted molar refractivity (Wildman–Crippen MR) is 85.1 cm³/mol. The van der Waals surface area contributed by atoms with Crippen LogP contribution in [0.2, 0.25) is 5.02 Å². The second kappa shape index (κ2) is 5.31. The Morgan fingerprint density at radius 1 is 1.15 bits per heavy atom. The van der Waals surface area contributed by atoms with E-state index in [1.54, 1.807) is 0 Å². The minimum atomic E-state index is 0.583. The van der Waals surface area contributed by atoms with Crippen LogP contribution in [0.1, 0.15) is 16.7 Å². The summed E-state index contributed by atoms with van der Waals surface area (Å²) in [6.45, 7) is 3.53. The minimum Gasteiger partial charge on any atom is -0.341 e. The molecule has 0 amide bonds. The number of para-hydroxylation sites is 1. The summed E-state index contributed by atoms with van der Waals surface area (Å²) >= 11 is 6.29. The largest absolute Gasteiger partial charge is 0.341 e. The van der Waals surface area contributed by atoms with Crippen molar-refractivity contribution in [3.63, 3.8) is 0 Å². The van der Waals surface area contributed by atoms with Crippen LogP contribution in [0.15, 0.2) is 48.7 Å². The summed E-state index contributed by atoms with van der Waals surface area (Å²) in [7, 11) is 0. The lowest BCUT2D eigenvalue weighted by Crippen LogP contribution is -2.02. The summed E-state index contributed by atoms with van der Waals surface area (Å²) in [5.41, 5.74) is 10.6. The molecule has 2 nitrogen and oxygen atoms in total. The van der Waals surface area contributed by atoms with Crippen LogP contribution in [-0.2, 0) is 13.1 Å². The van der Waals surface area contributed by atoms with Crippen molar-refractivity contribution in [2.75, 3.05) is 0 Å². The van der Waals surface area contributed by atoms with Gasteiger partial charge < -0.3 is 10.3 Å². The van der Waals surface area contributed by atoms with Crippen LogP contribution in [-0.4, -0.2) is 4.57 Å². The number of rotatable bonds is 3. The molecule has 0 fully saturated rings. The average Bonchev–Trinajstić information content (AvgIpc) is 2.78. The maximum absolute atomic E-state index is 6.29. The van der Waals surface area contributed by atoms with Gasteiger partial charge in [0.25, 0.3) is 0 Å². The molecule has 0 spiro atoms. The Hall–Kier alpha value is -1.77. The predicted octanol–water partition coefficient (Wildman–Crippen LogP) is 4.11. The molecule has 1 aromatic heterocycles. The first-order valence-corrected chi connectivity index (χ1v) is 7.08. The van der Waals surface area contributed by atoms with Crippen molar-refractivity contribution in [2.45, 2.75) is 20.0 Å². The van der Waals surface area contributed by atoms with Gasteiger partial charge in [-0.15, -0.1) is 0 Å². The monoisotopic (exact) mass is 284 g/mol. The molecule has 0 radical (unpaired) electrons. The van der Waals surface area contributed by atoms with E-state index < -0.39 is 0 Å². The van der Waals surface area contributed by atoms with Crippen LogP contribution in [0.3, 0.4) is 0 Å². The topological polar surface area (TPSA) is 30.9 Å². The maximum atomic E-state index is 6.29. The molecule has 3 heteroatoms. The van der Waals surface area contributed by atoms with Gasteiger partial charge >= 0.3 is 0 Å². The molecule has 0 aliphatic rings. The number of aryl methyl sites for hydroxylation is 1. The Bertz CT molecular complexity index is 759. The second-order valence-corrected chi connectivity index (χ2v) is 5.49. The van der Waals surface area contributed by atoms with Crippen molar-refractivity contribution in [3.05, 3.63) is 70.4 Å². The van der Waals surface area contributed by atoms with Crippen LogP contribution in [0.4, 0.5) is 0 Å². The molecule has 3 aromatic rings. The highest BCUT2D eigenvalue weighted by Crippen LogP contribution is 2.26. The first kappa shape index (κ1) is 13.2. The van der Waals surface area contributed by atoms with Crippen LogP contribution >= 0.6 is 11.6 Å². The molecule has 0 aliphatic carbocycles. The molecule has 0 atom stereocenters. The van der Waals surface area contributed by atoms with E-state index in [1.807, 2.05) is 18.3 Å². The normalized spacial score (nSPS) is 11.2. The van der Waals surface area contributed by atoms with E-state index in [2.05, 4.69) is 41.8 Å². The van der Waals surface area contributed by atoms with Gasteiger partial charge in [0.15, 0.2) is 0 Å². The zero-order valence-corrected chi connectivity index (χ0v) is 12.2. The average molecular weight is 285 g/mol. The number of hydrogen-bond donors (Lipinski definition) is 1. The van der Waals surface area contributed by atoms with E-state index in [0.29, 0.717) is 6.54 Å². The van der Waals surface area contributed by atoms with Crippen LogP contribution < -0.4 is 5.73 Å². The summed E-state index contributed by atoms with van der Waals surface area (Å²) < 4.78 is 2.20. The van der Waals surface area contributed by atoms with E-state index in [1.165, 1.54) is 22.2 Å². The zero-order valence-electron chi connectivity index (χ0n) is 11.4.